The summed E-state index contributed by atoms with van der Waals surface area (Å²) < 4.78 is 7.12. The smallest absolute Gasteiger partial charge is 0.190 e. The van der Waals surface area contributed by atoms with Crippen molar-refractivity contribution in [3.05, 3.63) is 18.0 Å². The van der Waals surface area contributed by atoms with E-state index in [0.717, 1.165) is 51.5 Å². The van der Waals surface area contributed by atoms with Gasteiger partial charge in [0.15, 0.2) is 5.96 Å². The summed E-state index contributed by atoms with van der Waals surface area (Å²) in [5, 5.41) is 10.8. The Morgan fingerprint density at radius 2 is 2.15 bits per heavy atom. The molecular weight excluding hydrogens is 254 g/mol. The minimum atomic E-state index is 0.797. The first-order valence-corrected chi connectivity index (χ1v) is 7.26. The number of hydrogen-bond donors (Lipinski definition) is 2. The summed E-state index contributed by atoms with van der Waals surface area (Å²) >= 11 is 0. The van der Waals surface area contributed by atoms with Crippen molar-refractivity contribution in [2.75, 3.05) is 33.4 Å². The van der Waals surface area contributed by atoms with Crippen molar-refractivity contribution in [3.63, 3.8) is 0 Å². The largest absolute Gasteiger partial charge is 0.382 e. The topological polar surface area (TPSA) is 63.5 Å². The minimum absolute atomic E-state index is 0.797. The van der Waals surface area contributed by atoms with E-state index in [1.807, 2.05) is 31.0 Å². The van der Waals surface area contributed by atoms with E-state index in [2.05, 4.69) is 20.7 Å². The molecule has 1 aromatic rings. The maximum Gasteiger partial charge on any atom is 0.190 e. The summed E-state index contributed by atoms with van der Waals surface area (Å²) in [6.07, 6.45) is 7.03. The molecule has 0 amide bonds. The first-order chi connectivity index (χ1) is 9.76. The Morgan fingerprint density at radius 1 is 1.35 bits per heavy atom. The normalized spacial score (nSPS) is 11.7. The van der Waals surface area contributed by atoms with Gasteiger partial charge in [-0.15, -0.1) is 0 Å². The zero-order valence-corrected chi connectivity index (χ0v) is 12.9. The second-order valence-electron chi connectivity index (χ2n) is 4.60. The summed E-state index contributed by atoms with van der Waals surface area (Å²) in [6.45, 7) is 5.42. The molecule has 6 heteroatoms. The van der Waals surface area contributed by atoms with Crippen LogP contribution in [0.4, 0.5) is 0 Å². The van der Waals surface area contributed by atoms with Crippen LogP contribution in [0.5, 0.6) is 0 Å². The number of nitrogens with one attached hydrogen (secondary N) is 2. The molecule has 0 saturated carbocycles. The number of rotatable bonds is 9. The molecule has 20 heavy (non-hydrogen) atoms. The van der Waals surface area contributed by atoms with Gasteiger partial charge in [0.05, 0.1) is 6.20 Å². The quantitative estimate of drug-likeness (QED) is 0.402. The summed E-state index contributed by atoms with van der Waals surface area (Å²) in [4.78, 5) is 4.20. The van der Waals surface area contributed by atoms with Crippen LogP contribution in [-0.4, -0.2) is 49.1 Å². The predicted molar refractivity (Wildman–Crippen MR) is 82.0 cm³/mol. The van der Waals surface area contributed by atoms with Crippen molar-refractivity contribution in [1.82, 2.24) is 20.4 Å². The zero-order chi connectivity index (χ0) is 14.6. The Morgan fingerprint density at radius 3 is 2.80 bits per heavy atom. The number of nitrogens with zero attached hydrogens (tertiary/aromatic N) is 3. The SMILES string of the molecule is CCOCCCCNC(=NC)NCCc1cnn(C)c1. The van der Waals surface area contributed by atoms with Gasteiger partial charge in [-0.1, -0.05) is 0 Å². The molecule has 2 N–H and O–H groups in total. The Hall–Kier alpha value is -1.56. The monoisotopic (exact) mass is 281 g/mol. The van der Waals surface area contributed by atoms with Crippen LogP contribution in [0.25, 0.3) is 0 Å². The highest BCUT2D eigenvalue weighted by atomic mass is 16.5. The van der Waals surface area contributed by atoms with E-state index in [1.165, 1.54) is 5.56 Å². The molecule has 0 atom stereocenters. The van der Waals surface area contributed by atoms with Gasteiger partial charge in [0.25, 0.3) is 0 Å². The molecule has 6 nitrogen and oxygen atoms in total. The lowest BCUT2D eigenvalue weighted by Gasteiger charge is -2.11. The Balaban J connectivity index is 2.07. The van der Waals surface area contributed by atoms with Crippen LogP contribution in [0.2, 0.25) is 0 Å². The third kappa shape index (κ3) is 7.13. The molecule has 0 radical (unpaired) electrons. The van der Waals surface area contributed by atoms with Gasteiger partial charge in [-0.2, -0.15) is 5.10 Å². The number of ether oxygens (including phenoxy) is 1. The van der Waals surface area contributed by atoms with Gasteiger partial charge < -0.3 is 15.4 Å². The van der Waals surface area contributed by atoms with Gasteiger partial charge in [0.1, 0.15) is 0 Å². The first kappa shape index (κ1) is 16.5. The highest BCUT2D eigenvalue weighted by Crippen LogP contribution is 1.95. The van der Waals surface area contributed by atoms with Crippen molar-refractivity contribution in [1.29, 1.82) is 0 Å². The molecule has 1 heterocycles. The zero-order valence-electron chi connectivity index (χ0n) is 12.9. The standard InChI is InChI=1S/C14H27N5O/c1-4-20-10-6-5-8-16-14(15-2)17-9-7-13-11-18-19(3)12-13/h11-12H,4-10H2,1-3H3,(H2,15,16,17). The molecule has 0 bridgehead atoms. The van der Waals surface area contributed by atoms with E-state index in [9.17, 15) is 0 Å². The molecule has 114 valence electrons. The Labute approximate surface area is 121 Å². The lowest BCUT2D eigenvalue weighted by molar-refractivity contribution is 0.143. The fourth-order valence-corrected chi connectivity index (χ4v) is 1.83. The fourth-order valence-electron chi connectivity index (χ4n) is 1.83. The van der Waals surface area contributed by atoms with E-state index in [1.54, 1.807) is 7.05 Å². The second-order valence-corrected chi connectivity index (χ2v) is 4.60. The van der Waals surface area contributed by atoms with E-state index in [4.69, 9.17) is 4.74 Å². The maximum absolute atomic E-state index is 5.30. The van der Waals surface area contributed by atoms with Crippen LogP contribution in [0.1, 0.15) is 25.3 Å². The number of guanidine groups is 1. The summed E-state index contributed by atoms with van der Waals surface area (Å²) in [7, 11) is 3.72. The molecule has 0 unspecified atom stereocenters. The van der Waals surface area contributed by atoms with Crippen molar-refractivity contribution in [3.8, 4) is 0 Å². The fraction of sp³-hybridized carbons (Fsp3) is 0.714. The van der Waals surface area contributed by atoms with Gasteiger partial charge in [-0.3, -0.25) is 9.67 Å². The van der Waals surface area contributed by atoms with Crippen molar-refractivity contribution in [2.45, 2.75) is 26.2 Å². The Bertz CT molecular complexity index is 389. The number of unbranched alkanes of at least 4 members (excludes halogenated alkanes) is 1. The van der Waals surface area contributed by atoms with Gasteiger partial charge >= 0.3 is 0 Å². The van der Waals surface area contributed by atoms with E-state index >= 15 is 0 Å². The van der Waals surface area contributed by atoms with Crippen LogP contribution in [0.3, 0.4) is 0 Å². The average molecular weight is 281 g/mol. The second kappa shape index (κ2) is 10.3. The molecule has 1 rings (SSSR count). The third-order valence-electron chi connectivity index (χ3n) is 2.90. The molecular formula is C14H27N5O. The molecule has 0 aliphatic rings. The number of aryl methyl sites for hydroxylation is 1. The van der Waals surface area contributed by atoms with Gasteiger partial charge in [-0.05, 0) is 31.7 Å². The number of aromatic nitrogens is 2. The average Bonchev–Trinajstić information content (AvgIpc) is 2.86. The number of aliphatic imine (C=N–C) groups is 1. The van der Waals surface area contributed by atoms with Gasteiger partial charge in [-0.25, -0.2) is 0 Å². The summed E-state index contributed by atoms with van der Waals surface area (Å²) in [5.41, 5.74) is 1.23. The third-order valence-corrected chi connectivity index (χ3v) is 2.90. The van der Waals surface area contributed by atoms with Crippen LogP contribution in [-0.2, 0) is 18.2 Å². The number of hydrogen-bond acceptors (Lipinski definition) is 3. The lowest BCUT2D eigenvalue weighted by atomic mass is 10.2. The molecule has 1 aromatic heterocycles. The molecule has 0 spiro atoms. The first-order valence-electron chi connectivity index (χ1n) is 7.26. The van der Waals surface area contributed by atoms with E-state index in [-0.39, 0.29) is 0 Å². The van der Waals surface area contributed by atoms with Crippen LogP contribution in [0.15, 0.2) is 17.4 Å². The van der Waals surface area contributed by atoms with Gasteiger partial charge in [0, 0.05) is 46.6 Å². The molecule has 0 aromatic carbocycles. The molecule has 0 aliphatic carbocycles. The minimum Gasteiger partial charge on any atom is -0.382 e. The predicted octanol–water partition coefficient (Wildman–Crippen LogP) is 0.944. The highest BCUT2D eigenvalue weighted by molar-refractivity contribution is 5.79. The maximum atomic E-state index is 5.30. The van der Waals surface area contributed by atoms with Crippen molar-refractivity contribution in [2.24, 2.45) is 12.0 Å². The highest BCUT2D eigenvalue weighted by Gasteiger charge is 1.99. The van der Waals surface area contributed by atoms with Crippen LogP contribution in [0, 0.1) is 0 Å². The summed E-state index contributed by atoms with van der Waals surface area (Å²) in [5.74, 6) is 0.852. The van der Waals surface area contributed by atoms with Crippen molar-refractivity contribution < 1.29 is 4.74 Å². The molecule has 0 aliphatic heterocycles. The lowest BCUT2D eigenvalue weighted by Crippen LogP contribution is -2.38. The van der Waals surface area contributed by atoms with E-state index in [0.29, 0.717) is 0 Å². The van der Waals surface area contributed by atoms with Gasteiger partial charge in [0.2, 0.25) is 0 Å². The van der Waals surface area contributed by atoms with Crippen LogP contribution < -0.4 is 10.6 Å². The molecule has 0 fully saturated rings. The van der Waals surface area contributed by atoms with Crippen molar-refractivity contribution >= 4 is 5.96 Å². The molecule has 0 saturated heterocycles. The van der Waals surface area contributed by atoms with E-state index < -0.39 is 0 Å². The summed E-state index contributed by atoms with van der Waals surface area (Å²) in [6, 6.07) is 0. The van der Waals surface area contributed by atoms with Crippen LogP contribution >= 0.6 is 0 Å². The Kier molecular flexibility index (Phi) is 8.46.